The summed E-state index contributed by atoms with van der Waals surface area (Å²) in [5.41, 5.74) is 5.47. The van der Waals surface area contributed by atoms with Gasteiger partial charge in [0.25, 0.3) is 0 Å². The number of benzene rings is 1. The molecule has 0 spiro atoms. The molecule has 0 radical (unpaired) electrons. The van der Waals surface area contributed by atoms with Gasteiger partial charge in [-0.2, -0.15) is 4.31 Å². The number of sulfonamides is 1. The largest absolute Gasteiger partial charge is 0.392 e. The molecular formula is C13H15N3O2S2. The van der Waals surface area contributed by atoms with Crippen molar-refractivity contribution in [3.05, 3.63) is 36.7 Å². The molecule has 106 valence electrons. The molecule has 0 fully saturated rings. The summed E-state index contributed by atoms with van der Waals surface area (Å²) in [6.45, 7) is 2.10. The van der Waals surface area contributed by atoms with Gasteiger partial charge in [0.2, 0.25) is 10.0 Å². The minimum Gasteiger partial charge on any atom is -0.392 e. The van der Waals surface area contributed by atoms with Crippen LogP contribution in [0.5, 0.6) is 0 Å². The Bertz CT molecular complexity index is 739. The number of likely N-dealkylation sites (N-methyl/N-ethyl adjacent to an activating group) is 1. The van der Waals surface area contributed by atoms with Gasteiger partial charge in [0.05, 0.1) is 16.4 Å². The normalized spacial score (nSPS) is 11.9. The Balaban J connectivity index is 2.59. The van der Waals surface area contributed by atoms with Crippen LogP contribution in [0.1, 0.15) is 6.92 Å². The quantitative estimate of drug-likeness (QED) is 0.848. The van der Waals surface area contributed by atoms with Crippen LogP contribution in [0.15, 0.2) is 41.6 Å². The average Bonchev–Trinajstić information content (AvgIpc) is 2.43. The molecule has 0 atom stereocenters. The second-order valence-electron chi connectivity index (χ2n) is 4.25. The number of nitrogens with zero attached hydrogens (tertiary/aromatic N) is 2. The first kappa shape index (κ1) is 14.8. The highest BCUT2D eigenvalue weighted by Gasteiger charge is 2.25. The zero-order valence-corrected chi connectivity index (χ0v) is 12.6. The van der Waals surface area contributed by atoms with Crippen molar-refractivity contribution in [2.75, 3.05) is 13.1 Å². The van der Waals surface area contributed by atoms with Crippen LogP contribution in [0.2, 0.25) is 0 Å². The van der Waals surface area contributed by atoms with Gasteiger partial charge < -0.3 is 5.73 Å². The molecule has 2 aromatic rings. The van der Waals surface area contributed by atoms with E-state index in [0.29, 0.717) is 11.9 Å². The fourth-order valence-electron chi connectivity index (χ4n) is 2.00. The SMILES string of the molecule is CCN(CC(N)=S)S(=O)(=O)c1cccc2cnccc12. The lowest BCUT2D eigenvalue weighted by molar-refractivity contribution is 0.468. The molecular weight excluding hydrogens is 294 g/mol. The lowest BCUT2D eigenvalue weighted by atomic mass is 10.2. The van der Waals surface area contributed by atoms with Crippen LogP contribution in [0.4, 0.5) is 0 Å². The highest BCUT2D eigenvalue weighted by molar-refractivity contribution is 7.89. The maximum absolute atomic E-state index is 12.7. The first-order chi connectivity index (χ1) is 9.46. The van der Waals surface area contributed by atoms with Crippen molar-refractivity contribution < 1.29 is 8.42 Å². The molecule has 0 aliphatic heterocycles. The molecule has 0 aliphatic rings. The van der Waals surface area contributed by atoms with Crippen molar-refractivity contribution in [3.8, 4) is 0 Å². The Morgan fingerprint density at radius 1 is 1.40 bits per heavy atom. The lowest BCUT2D eigenvalue weighted by Crippen LogP contribution is -2.37. The summed E-state index contributed by atoms with van der Waals surface area (Å²) in [6.07, 6.45) is 3.21. The summed E-state index contributed by atoms with van der Waals surface area (Å²) < 4.78 is 26.7. The second-order valence-corrected chi connectivity index (χ2v) is 6.68. The third-order valence-electron chi connectivity index (χ3n) is 2.94. The van der Waals surface area contributed by atoms with Gasteiger partial charge in [0.1, 0.15) is 0 Å². The van der Waals surface area contributed by atoms with Gasteiger partial charge >= 0.3 is 0 Å². The summed E-state index contributed by atoms with van der Waals surface area (Å²) >= 11 is 4.81. The van der Waals surface area contributed by atoms with E-state index < -0.39 is 10.0 Å². The summed E-state index contributed by atoms with van der Waals surface area (Å²) in [7, 11) is -3.63. The molecule has 1 heterocycles. The first-order valence-electron chi connectivity index (χ1n) is 6.08. The summed E-state index contributed by atoms with van der Waals surface area (Å²) in [6, 6.07) is 6.80. The second kappa shape index (κ2) is 5.82. The molecule has 1 aromatic carbocycles. The molecule has 0 amide bonds. The first-order valence-corrected chi connectivity index (χ1v) is 7.93. The van der Waals surface area contributed by atoms with Crippen LogP contribution in [-0.2, 0) is 10.0 Å². The smallest absolute Gasteiger partial charge is 0.244 e. The van der Waals surface area contributed by atoms with E-state index in [9.17, 15) is 8.42 Å². The Morgan fingerprint density at radius 2 is 2.15 bits per heavy atom. The third kappa shape index (κ3) is 2.79. The fraction of sp³-hybridized carbons (Fsp3) is 0.231. The van der Waals surface area contributed by atoms with Crippen molar-refractivity contribution in [3.63, 3.8) is 0 Å². The topological polar surface area (TPSA) is 76.3 Å². The lowest BCUT2D eigenvalue weighted by Gasteiger charge is -2.20. The molecule has 7 heteroatoms. The number of rotatable bonds is 5. The van der Waals surface area contributed by atoms with Gasteiger partial charge in [-0.1, -0.05) is 31.3 Å². The molecule has 1 aromatic heterocycles. The van der Waals surface area contributed by atoms with E-state index in [-0.39, 0.29) is 16.4 Å². The third-order valence-corrected chi connectivity index (χ3v) is 5.05. The van der Waals surface area contributed by atoms with Gasteiger partial charge in [-0.15, -0.1) is 0 Å². The molecule has 0 aliphatic carbocycles. The number of pyridine rings is 1. The van der Waals surface area contributed by atoms with Gasteiger partial charge in [-0.3, -0.25) is 4.98 Å². The number of hydrogen-bond acceptors (Lipinski definition) is 4. The van der Waals surface area contributed by atoms with Crippen LogP contribution < -0.4 is 5.73 Å². The summed E-state index contributed by atoms with van der Waals surface area (Å²) in [5.74, 6) is 0. The predicted molar refractivity (Wildman–Crippen MR) is 83.0 cm³/mol. The van der Waals surface area contributed by atoms with Crippen LogP contribution >= 0.6 is 12.2 Å². The number of aromatic nitrogens is 1. The van der Waals surface area contributed by atoms with Crippen LogP contribution in [0, 0.1) is 0 Å². The van der Waals surface area contributed by atoms with E-state index in [0.717, 1.165) is 5.39 Å². The zero-order valence-electron chi connectivity index (χ0n) is 11.0. The van der Waals surface area contributed by atoms with Gasteiger partial charge in [0.15, 0.2) is 0 Å². The molecule has 0 saturated carbocycles. The van der Waals surface area contributed by atoms with E-state index >= 15 is 0 Å². The molecule has 5 nitrogen and oxygen atoms in total. The molecule has 0 bridgehead atoms. The Kier molecular flexibility index (Phi) is 4.32. The average molecular weight is 309 g/mol. The van der Waals surface area contributed by atoms with E-state index in [4.69, 9.17) is 18.0 Å². The van der Waals surface area contributed by atoms with Crippen LogP contribution in [-0.4, -0.2) is 35.8 Å². The predicted octanol–water partition coefficient (Wildman–Crippen LogP) is 1.53. The number of thiocarbonyl (C=S) groups is 1. The Labute approximate surface area is 123 Å². The van der Waals surface area contributed by atoms with Crippen molar-refractivity contribution >= 4 is 38.0 Å². The van der Waals surface area contributed by atoms with Crippen molar-refractivity contribution in [1.82, 2.24) is 9.29 Å². The van der Waals surface area contributed by atoms with Crippen LogP contribution in [0.3, 0.4) is 0 Å². The standard InChI is InChI=1S/C13H15N3O2S2/c1-2-16(9-13(14)19)20(17,18)12-5-3-4-10-8-15-7-6-11(10)12/h3-8H,2,9H2,1H3,(H2,14,19). The van der Waals surface area contributed by atoms with E-state index in [1.54, 1.807) is 37.5 Å². The van der Waals surface area contributed by atoms with E-state index in [1.807, 2.05) is 6.07 Å². The fourth-order valence-corrected chi connectivity index (χ4v) is 3.88. The zero-order chi connectivity index (χ0) is 14.8. The maximum atomic E-state index is 12.7. The molecule has 20 heavy (non-hydrogen) atoms. The molecule has 2 N–H and O–H groups in total. The van der Waals surface area contributed by atoms with Gasteiger partial charge in [0, 0.05) is 29.7 Å². The van der Waals surface area contributed by atoms with E-state index in [2.05, 4.69) is 4.98 Å². The van der Waals surface area contributed by atoms with Crippen molar-refractivity contribution in [2.45, 2.75) is 11.8 Å². The summed E-state index contributed by atoms with van der Waals surface area (Å²) in [4.78, 5) is 4.40. The van der Waals surface area contributed by atoms with Crippen molar-refractivity contribution in [2.24, 2.45) is 5.73 Å². The number of fused-ring (bicyclic) bond motifs is 1. The molecule has 2 rings (SSSR count). The summed E-state index contributed by atoms with van der Waals surface area (Å²) in [5, 5.41) is 1.42. The maximum Gasteiger partial charge on any atom is 0.244 e. The Hall–Kier alpha value is -1.57. The highest BCUT2D eigenvalue weighted by Crippen LogP contribution is 2.24. The minimum atomic E-state index is -3.63. The number of hydrogen-bond donors (Lipinski definition) is 1. The number of nitrogens with two attached hydrogens (primary N) is 1. The Morgan fingerprint density at radius 3 is 2.80 bits per heavy atom. The van der Waals surface area contributed by atoms with E-state index in [1.165, 1.54) is 4.31 Å². The monoisotopic (exact) mass is 309 g/mol. The van der Waals surface area contributed by atoms with Gasteiger partial charge in [-0.05, 0) is 12.1 Å². The molecule has 0 unspecified atom stereocenters. The minimum absolute atomic E-state index is 0.0373. The molecule has 0 saturated heterocycles. The van der Waals surface area contributed by atoms with Gasteiger partial charge in [-0.25, -0.2) is 8.42 Å². The van der Waals surface area contributed by atoms with Crippen molar-refractivity contribution in [1.29, 1.82) is 0 Å². The van der Waals surface area contributed by atoms with Crippen LogP contribution in [0.25, 0.3) is 10.8 Å². The highest BCUT2D eigenvalue weighted by atomic mass is 32.2.